The van der Waals surface area contributed by atoms with E-state index in [4.69, 9.17) is 32.7 Å². The van der Waals surface area contributed by atoms with Crippen LogP contribution in [0.2, 0.25) is 10.0 Å². The van der Waals surface area contributed by atoms with E-state index in [-0.39, 0.29) is 6.03 Å². The number of carbonyl (C=O) groups is 1. The van der Waals surface area contributed by atoms with E-state index < -0.39 is 0 Å². The van der Waals surface area contributed by atoms with Crippen molar-refractivity contribution in [1.29, 1.82) is 0 Å². The van der Waals surface area contributed by atoms with Crippen LogP contribution < -0.4 is 20.1 Å². The van der Waals surface area contributed by atoms with Gasteiger partial charge in [-0.25, -0.2) is 4.79 Å². The molecule has 7 heteroatoms. The highest BCUT2D eigenvalue weighted by Crippen LogP contribution is 2.30. The molecule has 0 spiro atoms. The summed E-state index contributed by atoms with van der Waals surface area (Å²) < 4.78 is 12.2. The van der Waals surface area contributed by atoms with Gasteiger partial charge < -0.3 is 20.1 Å². The fraction of sp³-hybridized carbons (Fsp3) is 0.138. The number of ether oxygens (including phenoxy) is 2. The van der Waals surface area contributed by atoms with Gasteiger partial charge in [0.05, 0.1) is 10.0 Å². The quantitative estimate of drug-likeness (QED) is 0.227. The van der Waals surface area contributed by atoms with E-state index in [1.807, 2.05) is 78.9 Å². The molecule has 0 bridgehead atoms. The number of carbonyl (C=O) groups excluding carboxylic acids is 1. The Morgan fingerprint density at radius 3 is 1.94 bits per heavy atom. The summed E-state index contributed by atoms with van der Waals surface area (Å²) in [4.78, 5) is 12.3. The lowest BCUT2D eigenvalue weighted by Crippen LogP contribution is -2.30. The molecule has 184 valence electrons. The van der Waals surface area contributed by atoms with Crippen LogP contribution in [-0.4, -0.2) is 12.6 Å². The van der Waals surface area contributed by atoms with Crippen molar-refractivity contribution in [1.82, 2.24) is 5.32 Å². The van der Waals surface area contributed by atoms with Gasteiger partial charge in [-0.15, -0.1) is 0 Å². The lowest BCUT2D eigenvalue weighted by molar-refractivity contribution is 0.252. The highest BCUT2D eigenvalue weighted by atomic mass is 35.5. The molecule has 4 aromatic rings. The lowest BCUT2D eigenvalue weighted by atomic mass is 10.1. The summed E-state index contributed by atoms with van der Waals surface area (Å²) in [5.74, 6) is 1.33. The van der Waals surface area contributed by atoms with Gasteiger partial charge in [-0.2, -0.15) is 0 Å². The normalized spacial score (nSPS) is 10.5. The maximum absolute atomic E-state index is 12.3. The molecular formula is C29H26Cl2N2O3. The first-order valence-corrected chi connectivity index (χ1v) is 12.3. The molecule has 36 heavy (non-hydrogen) atoms. The summed E-state index contributed by atoms with van der Waals surface area (Å²) in [5.41, 5.74) is 3.73. The van der Waals surface area contributed by atoms with Gasteiger partial charge in [0.2, 0.25) is 0 Å². The Hall–Kier alpha value is -3.67. The van der Waals surface area contributed by atoms with Crippen molar-refractivity contribution in [3.63, 3.8) is 0 Å². The monoisotopic (exact) mass is 520 g/mol. The third kappa shape index (κ3) is 7.67. The smallest absolute Gasteiger partial charge is 0.319 e. The van der Waals surface area contributed by atoms with Crippen molar-refractivity contribution in [3.05, 3.63) is 124 Å². The number of urea groups is 1. The van der Waals surface area contributed by atoms with Crippen LogP contribution >= 0.6 is 23.2 Å². The van der Waals surface area contributed by atoms with E-state index in [1.54, 1.807) is 18.2 Å². The van der Waals surface area contributed by atoms with Gasteiger partial charge in [0, 0.05) is 12.2 Å². The molecule has 0 aliphatic carbocycles. The summed E-state index contributed by atoms with van der Waals surface area (Å²) in [6.45, 7) is 1.31. The zero-order chi connectivity index (χ0) is 25.2. The Morgan fingerprint density at radius 1 is 0.667 bits per heavy atom. The van der Waals surface area contributed by atoms with Crippen LogP contribution in [0.1, 0.15) is 16.7 Å². The molecule has 0 aliphatic rings. The van der Waals surface area contributed by atoms with Crippen LogP contribution in [0.4, 0.5) is 10.5 Å². The van der Waals surface area contributed by atoms with Gasteiger partial charge in [-0.05, 0) is 53.4 Å². The second kappa shape index (κ2) is 12.9. The van der Waals surface area contributed by atoms with Gasteiger partial charge in [0.25, 0.3) is 0 Å². The Bertz CT molecular complexity index is 1280. The standard InChI is InChI=1S/C29H26Cl2N2O3/c30-25-13-12-24(18-26(25)31)33-29(34)32-16-15-21-11-14-27(35-19-22-7-3-1-4-8-22)28(17-21)36-20-23-9-5-2-6-10-23/h1-14,17-18H,15-16,19-20H2,(H2,32,33,34). The summed E-state index contributed by atoms with van der Waals surface area (Å²) in [6, 6.07) is 30.4. The predicted octanol–water partition coefficient (Wildman–Crippen LogP) is 7.52. The average molecular weight is 521 g/mol. The molecule has 0 radical (unpaired) electrons. The summed E-state index contributed by atoms with van der Waals surface area (Å²) in [7, 11) is 0. The average Bonchev–Trinajstić information content (AvgIpc) is 2.90. The zero-order valence-corrected chi connectivity index (χ0v) is 21.1. The van der Waals surface area contributed by atoms with E-state index in [9.17, 15) is 4.79 Å². The maximum atomic E-state index is 12.3. The van der Waals surface area contributed by atoms with Crippen molar-refractivity contribution in [2.24, 2.45) is 0 Å². The van der Waals surface area contributed by atoms with Crippen LogP contribution in [-0.2, 0) is 19.6 Å². The molecule has 2 N–H and O–H groups in total. The number of benzene rings is 4. The summed E-state index contributed by atoms with van der Waals surface area (Å²) >= 11 is 11.9. The molecule has 0 saturated carbocycles. The molecule has 4 rings (SSSR count). The first-order chi connectivity index (χ1) is 17.6. The number of hydrogen-bond acceptors (Lipinski definition) is 3. The summed E-state index contributed by atoms with van der Waals surface area (Å²) in [6.07, 6.45) is 0.620. The molecule has 0 fully saturated rings. The van der Waals surface area contributed by atoms with Crippen molar-refractivity contribution in [2.45, 2.75) is 19.6 Å². The van der Waals surface area contributed by atoms with Gasteiger partial charge in [-0.1, -0.05) is 89.9 Å². The molecule has 0 aromatic heterocycles. The van der Waals surface area contributed by atoms with Crippen LogP contribution in [0.25, 0.3) is 0 Å². The van der Waals surface area contributed by atoms with E-state index in [0.717, 1.165) is 16.7 Å². The summed E-state index contributed by atoms with van der Waals surface area (Å²) in [5, 5.41) is 6.42. The molecule has 5 nitrogen and oxygen atoms in total. The highest BCUT2D eigenvalue weighted by molar-refractivity contribution is 6.42. The molecule has 0 heterocycles. The largest absolute Gasteiger partial charge is 0.485 e. The highest BCUT2D eigenvalue weighted by Gasteiger charge is 2.10. The van der Waals surface area contributed by atoms with Crippen molar-refractivity contribution < 1.29 is 14.3 Å². The first-order valence-electron chi connectivity index (χ1n) is 11.5. The predicted molar refractivity (Wildman–Crippen MR) is 145 cm³/mol. The molecule has 4 aromatic carbocycles. The van der Waals surface area contributed by atoms with Crippen molar-refractivity contribution >= 4 is 34.9 Å². The minimum Gasteiger partial charge on any atom is -0.485 e. The van der Waals surface area contributed by atoms with Crippen LogP contribution in [0.3, 0.4) is 0 Å². The molecule has 0 unspecified atom stereocenters. The second-order valence-electron chi connectivity index (χ2n) is 8.09. The van der Waals surface area contributed by atoms with E-state index in [1.165, 1.54) is 0 Å². The fourth-order valence-corrected chi connectivity index (χ4v) is 3.78. The number of rotatable bonds is 10. The minimum absolute atomic E-state index is 0.322. The SMILES string of the molecule is O=C(NCCc1ccc(OCc2ccccc2)c(OCc2ccccc2)c1)Nc1ccc(Cl)c(Cl)c1. The Balaban J connectivity index is 1.37. The number of nitrogens with one attached hydrogen (secondary N) is 2. The third-order valence-corrected chi connectivity index (χ3v) is 6.10. The van der Waals surface area contributed by atoms with Gasteiger partial charge in [0.15, 0.2) is 11.5 Å². The molecular weight excluding hydrogens is 495 g/mol. The zero-order valence-electron chi connectivity index (χ0n) is 19.5. The minimum atomic E-state index is -0.322. The Morgan fingerprint density at radius 2 is 1.31 bits per heavy atom. The van der Waals surface area contributed by atoms with Crippen LogP contribution in [0, 0.1) is 0 Å². The number of hydrogen-bond donors (Lipinski definition) is 2. The van der Waals surface area contributed by atoms with Crippen molar-refractivity contribution in [2.75, 3.05) is 11.9 Å². The molecule has 2 amide bonds. The second-order valence-corrected chi connectivity index (χ2v) is 8.90. The lowest BCUT2D eigenvalue weighted by Gasteiger charge is -2.15. The van der Waals surface area contributed by atoms with Crippen molar-refractivity contribution in [3.8, 4) is 11.5 Å². The van der Waals surface area contributed by atoms with Crippen LogP contribution in [0.5, 0.6) is 11.5 Å². The van der Waals surface area contributed by atoms with Gasteiger partial charge in [0.1, 0.15) is 13.2 Å². The Labute approximate surface area is 221 Å². The topological polar surface area (TPSA) is 59.6 Å². The van der Waals surface area contributed by atoms with E-state index in [0.29, 0.717) is 53.4 Å². The number of halogens is 2. The molecule has 0 atom stereocenters. The molecule has 0 saturated heterocycles. The number of anilines is 1. The fourth-order valence-electron chi connectivity index (χ4n) is 3.48. The first kappa shape index (κ1) is 25.4. The third-order valence-electron chi connectivity index (χ3n) is 5.36. The van der Waals surface area contributed by atoms with Gasteiger partial charge in [-0.3, -0.25) is 0 Å². The maximum Gasteiger partial charge on any atom is 0.319 e. The van der Waals surface area contributed by atoms with E-state index in [2.05, 4.69) is 10.6 Å². The Kier molecular flexibility index (Phi) is 9.09. The van der Waals surface area contributed by atoms with Crippen LogP contribution in [0.15, 0.2) is 97.1 Å². The number of amides is 2. The van der Waals surface area contributed by atoms with E-state index >= 15 is 0 Å². The molecule has 0 aliphatic heterocycles. The van der Waals surface area contributed by atoms with Gasteiger partial charge >= 0.3 is 6.03 Å².